The molecule has 2 rings (SSSR count). The van der Waals surface area contributed by atoms with Gasteiger partial charge in [-0.2, -0.15) is 0 Å². The van der Waals surface area contributed by atoms with Gasteiger partial charge in [-0.15, -0.1) is 11.8 Å². The van der Waals surface area contributed by atoms with Gasteiger partial charge in [-0.05, 0) is 46.9 Å². The molecular weight excluding hydrogens is 326 g/mol. The molecule has 134 valence electrons. The van der Waals surface area contributed by atoms with Gasteiger partial charge in [-0.3, -0.25) is 4.99 Å². The van der Waals surface area contributed by atoms with E-state index in [2.05, 4.69) is 71.0 Å². The Morgan fingerprint density at radius 3 is 2.20 bits per heavy atom. The second kappa shape index (κ2) is 7.25. The molecule has 25 heavy (non-hydrogen) atoms. The quantitative estimate of drug-likeness (QED) is 0.506. The standard InChI is InChI=1S/C22H29NOS/c1-21(2,3)16-11-15(20(24)19(12-16)22(4,5)6)14-23-17-9-8-10-18(13-17)25-7/h8-14,24H,1-7H3. The number of phenols is 1. The summed E-state index contributed by atoms with van der Waals surface area (Å²) in [5.41, 5.74) is 3.70. The molecular formula is C22H29NOS. The Bertz CT molecular complexity index is 780. The number of thioether (sulfide) groups is 1. The van der Waals surface area contributed by atoms with E-state index >= 15 is 0 Å². The second-order valence-electron chi connectivity index (χ2n) is 8.42. The molecule has 0 fully saturated rings. The van der Waals surface area contributed by atoms with Crippen LogP contribution in [-0.2, 0) is 10.8 Å². The highest BCUT2D eigenvalue weighted by atomic mass is 32.2. The first-order chi connectivity index (χ1) is 11.5. The lowest BCUT2D eigenvalue weighted by Gasteiger charge is -2.26. The number of rotatable bonds is 3. The van der Waals surface area contributed by atoms with Gasteiger partial charge in [-0.1, -0.05) is 53.7 Å². The zero-order valence-corrected chi connectivity index (χ0v) is 17.2. The van der Waals surface area contributed by atoms with E-state index in [-0.39, 0.29) is 10.8 Å². The molecule has 0 atom stereocenters. The summed E-state index contributed by atoms with van der Waals surface area (Å²) in [7, 11) is 0. The van der Waals surface area contributed by atoms with Crippen molar-refractivity contribution in [3.63, 3.8) is 0 Å². The summed E-state index contributed by atoms with van der Waals surface area (Å²) >= 11 is 1.70. The first-order valence-corrected chi connectivity index (χ1v) is 9.81. The third kappa shape index (κ3) is 4.88. The summed E-state index contributed by atoms with van der Waals surface area (Å²) < 4.78 is 0. The molecule has 0 bridgehead atoms. The molecule has 0 aromatic heterocycles. The van der Waals surface area contributed by atoms with Crippen molar-refractivity contribution in [2.45, 2.75) is 57.3 Å². The van der Waals surface area contributed by atoms with E-state index in [0.717, 1.165) is 16.8 Å². The zero-order chi connectivity index (χ0) is 18.8. The zero-order valence-electron chi connectivity index (χ0n) is 16.3. The average molecular weight is 356 g/mol. The number of aliphatic imine (C=N–C) groups is 1. The lowest BCUT2D eigenvalue weighted by Crippen LogP contribution is -2.17. The molecule has 0 aliphatic heterocycles. The summed E-state index contributed by atoms with van der Waals surface area (Å²) in [5.74, 6) is 0.324. The smallest absolute Gasteiger partial charge is 0.128 e. The number of hydrogen-bond acceptors (Lipinski definition) is 3. The largest absolute Gasteiger partial charge is 0.507 e. The Morgan fingerprint density at radius 2 is 1.64 bits per heavy atom. The SMILES string of the molecule is CSc1cccc(N=Cc2cc(C(C)(C)C)cc(C(C)(C)C)c2O)c1. The van der Waals surface area contributed by atoms with Crippen molar-refractivity contribution in [3.8, 4) is 5.75 Å². The van der Waals surface area contributed by atoms with Crippen LogP contribution < -0.4 is 0 Å². The molecule has 0 amide bonds. The summed E-state index contributed by atoms with van der Waals surface area (Å²) in [5, 5.41) is 10.8. The maximum atomic E-state index is 10.8. The minimum atomic E-state index is -0.132. The van der Waals surface area contributed by atoms with Gasteiger partial charge < -0.3 is 5.11 Å². The van der Waals surface area contributed by atoms with Crippen molar-refractivity contribution < 1.29 is 5.11 Å². The normalized spacial score (nSPS) is 12.8. The molecule has 2 aromatic carbocycles. The Hall–Kier alpha value is -1.74. The molecule has 0 aliphatic rings. The van der Waals surface area contributed by atoms with Crippen molar-refractivity contribution in [1.29, 1.82) is 0 Å². The summed E-state index contributed by atoms with van der Waals surface area (Å²) in [4.78, 5) is 5.77. The van der Waals surface area contributed by atoms with Gasteiger partial charge in [0.2, 0.25) is 0 Å². The molecule has 0 unspecified atom stereocenters. The fourth-order valence-electron chi connectivity index (χ4n) is 2.59. The van der Waals surface area contributed by atoms with E-state index in [4.69, 9.17) is 0 Å². The Morgan fingerprint density at radius 1 is 0.960 bits per heavy atom. The Balaban J connectivity index is 2.54. The lowest BCUT2D eigenvalue weighted by atomic mass is 9.79. The molecule has 0 saturated carbocycles. The van der Waals surface area contributed by atoms with E-state index in [9.17, 15) is 5.11 Å². The van der Waals surface area contributed by atoms with E-state index in [1.807, 2.05) is 18.2 Å². The lowest BCUT2D eigenvalue weighted by molar-refractivity contribution is 0.444. The van der Waals surface area contributed by atoms with E-state index in [0.29, 0.717) is 5.75 Å². The third-order valence-corrected chi connectivity index (χ3v) is 4.94. The van der Waals surface area contributed by atoms with Crippen LogP contribution in [0.15, 0.2) is 46.3 Å². The monoisotopic (exact) mass is 355 g/mol. The molecule has 1 N–H and O–H groups in total. The van der Waals surface area contributed by atoms with Crippen LogP contribution in [0.2, 0.25) is 0 Å². The third-order valence-electron chi connectivity index (χ3n) is 4.22. The van der Waals surface area contributed by atoms with E-state index in [1.54, 1.807) is 18.0 Å². The fourth-order valence-corrected chi connectivity index (χ4v) is 3.05. The van der Waals surface area contributed by atoms with Gasteiger partial charge in [0.25, 0.3) is 0 Å². The number of phenolic OH excluding ortho intramolecular Hbond substituents is 1. The van der Waals surface area contributed by atoms with Crippen LogP contribution in [0.4, 0.5) is 5.69 Å². The second-order valence-corrected chi connectivity index (χ2v) is 9.30. The van der Waals surface area contributed by atoms with Crippen molar-refractivity contribution in [3.05, 3.63) is 53.1 Å². The first-order valence-electron chi connectivity index (χ1n) is 8.58. The molecule has 0 radical (unpaired) electrons. The van der Waals surface area contributed by atoms with Gasteiger partial charge in [0, 0.05) is 22.2 Å². The van der Waals surface area contributed by atoms with Crippen LogP contribution in [0, 0.1) is 0 Å². The maximum Gasteiger partial charge on any atom is 0.128 e. The van der Waals surface area contributed by atoms with Crippen LogP contribution in [0.1, 0.15) is 58.2 Å². The Labute approximate surface area is 156 Å². The van der Waals surface area contributed by atoms with E-state index < -0.39 is 0 Å². The van der Waals surface area contributed by atoms with Gasteiger partial charge >= 0.3 is 0 Å². The van der Waals surface area contributed by atoms with Crippen LogP contribution in [-0.4, -0.2) is 17.6 Å². The van der Waals surface area contributed by atoms with Crippen molar-refractivity contribution in [1.82, 2.24) is 0 Å². The highest BCUT2D eigenvalue weighted by Crippen LogP contribution is 2.37. The molecule has 2 aromatic rings. The summed E-state index contributed by atoms with van der Waals surface area (Å²) in [6, 6.07) is 12.3. The van der Waals surface area contributed by atoms with Gasteiger partial charge in [0.1, 0.15) is 5.75 Å². The minimum absolute atomic E-state index is 0.00899. The molecule has 3 heteroatoms. The van der Waals surface area contributed by atoms with Crippen molar-refractivity contribution in [2.24, 2.45) is 4.99 Å². The van der Waals surface area contributed by atoms with Gasteiger partial charge in [0.05, 0.1) is 5.69 Å². The average Bonchev–Trinajstić information content (AvgIpc) is 2.51. The molecule has 0 saturated heterocycles. The number of hydrogen-bond donors (Lipinski definition) is 1. The summed E-state index contributed by atoms with van der Waals surface area (Å²) in [6.07, 6.45) is 3.83. The first kappa shape index (κ1) is 19.6. The predicted molar refractivity (Wildman–Crippen MR) is 111 cm³/mol. The van der Waals surface area contributed by atoms with Crippen LogP contribution in [0.3, 0.4) is 0 Å². The fraction of sp³-hybridized carbons (Fsp3) is 0.409. The predicted octanol–water partition coefficient (Wildman–Crippen LogP) is 6.46. The Kier molecular flexibility index (Phi) is 5.68. The molecule has 0 heterocycles. The molecule has 0 aliphatic carbocycles. The van der Waals surface area contributed by atoms with Crippen LogP contribution in [0.25, 0.3) is 0 Å². The highest BCUT2D eigenvalue weighted by molar-refractivity contribution is 7.98. The van der Waals surface area contributed by atoms with Gasteiger partial charge in [-0.25, -0.2) is 0 Å². The van der Waals surface area contributed by atoms with Gasteiger partial charge in [0.15, 0.2) is 0 Å². The van der Waals surface area contributed by atoms with Crippen molar-refractivity contribution in [2.75, 3.05) is 6.26 Å². The van der Waals surface area contributed by atoms with Crippen molar-refractivity contribution >= 4 is 23.7 Å². The van der Waals surface area contributed by atoms with Crippen LogP contribution in [0.5, 0.6) is 5.75 Å². The minimum Gasteiger partial charge on any atom is -0.507 e. The number of aromatic hydroxyl groups is 1. The molecule has 0 spiro atoms. The summed E-state index contributed by atoms with van der Waals surface area (Å²) in [6.45, 7) is 12.9. The van der Waals surface area contributed by atoms with Crippen LogP contribution >= 0.6 is 11.8 Å². The number of nitrogens with zero attached hydrogens (tertiary/aromatic N) is 1. The topological polar surface area (TPSA) is 32.6 Å². The number of benzene rings is 2. The highest BCUT2D eigenvalue weighted by Gasteiger charge is 2.24. The molecule has 2 nitrogen and oxygen atoms in total. The maximum absolute atomic E-state index is 10.8. The van der Waals surface area contributed by atoms with E-state index in [1.165, 1.54) is 10.5 Å².